The Morgan fingerprint density at radius 1 is 1.31 bits per heavy atom. The Kier molecular flexibility index (Phi) is 7.16. The highest BCUT2D eigenvalue weighted by molar-refractivity contribution is 8.00. The van der Waals surface area contributed by atoms with Crippen LogP contribution in [0.5, 0.6) is 0 Å². The number of nitrogens with zero attached hydrogens (tertiary/aromatic N) is 3. The molecule has 0 aliphatic carbocycles. The molecule has 3 aromatic rings. The number of fused-ring (bicyclic) bond motifs is 1. The van der Waals surface area contributed by atoms with E-state index in [1.807, 2.05) is 12.1 Å². The van der Waals surface area contributed by atoms with Crippen LogP contribution in [0.3, 0.4) is 0 Å². The highest BCUT2D eigenvalue weighted by Gasteiger charge is 2.20. The van der Waals surface area contributed by atoms with Crippen LogP contribution in [-0.2, 0) is 11.3 Å². The molecule has 3 rings (SSSR count). The van der Waals surface area contributed by atoms with Crippen LogP contribution in [0.4, 0.5) is 5.82 Å². The zero-order valence-electron chi connectivity index (χ0n) is 16.0. The first-order valence-electron chi connectivity index (χ1n) is 9.19. The third-order valence-corrected chi connectivity index (χ3v) is 5.85. The van der Waals surface area contributed by atoms with Crippen molar-refractivity contribution in [3.05, 3.63) is 56.9 Å². The zero-order valence-corrected chi connectivity index (χ0v) is 18.3. The van der Waals surface area contributed by atoms with Gasteiger partial charge in [0.25, 0.3) is 5.56 Å². The van der Waals surface area contributed by atoms with Crippen LogP contribution in [0.25, 0.3) is 10.9 Å². The topological polar surface area (TPSA) is 76.9 Å². The SMILES string of the molecule is CCCCn1c(SC(C)C(=O)Nc2ncc(Cl)cc2Cl)nc2ccccc2c1=O. The van der Waals surface area contributed by atoms with Gasteiger partial charge >= 0.3 is 0 Å². The lowest BCUT2D eigenvalue weighted by Crippen LogP contribution is -2.27. The Morgan fingerprint density at radius 2 is 2.07 bits per heavy atom. The van der Waals surface area contributed by atoms with Crippen molar-refractivity contribution in [1.82, 2.24) is 14.5 Å². The van der Waals surface area contributed by atoms with Gasteiger partial charge in [0, 0.05) is 12.7 Å². The number of anilines is 1. The smallest absolute Gasteiger partial charge is 0.262 e. The summed E-state index contributed by atoms with van der Waals surface area (Å²) >= 11 is 13.2. The number of rotatable bonds is 7. The summed E-state index contributed by atoms with van der Waals surface area (Å²) in [5.41, 5.74) is 0.518. The number of hydrogen-bond acceptors (Lipinski definition) is 5. The average molecular weight is 451 g/mol. The van der Waals surface area contributed by atoms with Crippen molar-refractivity contribution in [1.29, 1.82) is 0 Å². The van der Waals surface area contributed by atoms with Crippen molar-refractivity contribution in [2.24, 2.45) is 0 Å². The molecule has 1 N–H and O–H groups in total. The van der Waals surface area contributed by atoms with Crippen molar-refractivity contribution in [2.45, 2.75) is 43.6 Å². The van der Waals surface area contributed by atoms with E-state index in [0.29, 0.717) is 27.6 Å². The summed E-state index contributed by atoms with van der Waals surface area (Å²) in [4.78, 5) is 34.3. The first-order chi connectivity index (χ1) is 13.9. The number of para-hydroxylation sites is 1. The largest absolute Gasteiger partial charge is 0.308 e. The molecule has 1 atom stereocenters. The second-order valence-corrected chi connectivity index (χ2v) is 8.61. The number of nitrogens with one attached hydrogen (secondary N) is 1. The van der Waals surface area contributed by atoms with Crippen LogP contribution in [-0.4, -0.2) is 25.7 Å². The van der Waals surface area contributed by atoms with Crippen molar-refractivity contribution >= 4 is 57.6 Å². The van der Waals surface area contributed by atoms with Crippen LogP contribution >= 0.6 is 35.0 Å². The number of amides is 1. The van der Waals surface area contributed by atoms with Crippen LogP contribution in [0.2, 0.25) is 10.0 Å². The quantitative estimate of drug-likeness (QED) is 0.403. The summed E-state index contributed by atoms with van der Waals surface area (Å²) in [6.45, 7) is 4.36. The van der Waals surface area contributed by atoms with E-state index in [4.69, 9.17) is 23.2 Å². The van der Waals surface area contributed by atoms with E-state index in [2.05, 4.69) is 22.2 Å². The van der Waals surface area contributed by atoms with E-state index in [-0.39, 0.29) is 22.3 Å². The molecule has 9 heteroatoms. The highest BCUT2D eigenvalue weighted by atomic mass is 35.5. The predicted octanol–water partition coefficient (Wildman–Crippen LogP) is 5.02. The molecule has 152 valence electrons. The number of aromatic nitrogens is 3. The molecule has 2 aromatic heterocycles. The van der Waals surface area contributed by atoms with Gasteiger partial charge in [-0.25, -0.2) is 9.97 Å². The molecule has 0 bridgehead atoms. The summed E-state index contributed by atoms with van der Waals surface area (Å²) in [7, 11) is 0. The van der Waals surface area contributed by atoms with Gasteiger partial charge in [-0.15, -0.1) is 0 Å². The molecule has 0 saturated heterocycles. The monoisotopic (exact) mass is 450 g/mol. The molecular weight excluding hydrogens is 431 g/mol. The number of pyridine rings is 1. The van der Waals surface area contributed by atoms with E-state index in [1.54, 1.807) is 23.6 Å². The Balaban J connectivity index is 1.87. The lowest BCUT2D eigenvalue weighted by atomic mass is 10.2. The van der Waals surface area contributed by atoms with Crippen LogP contribution in [0.15, 0.2) is 46.5 Å². The summed E-state index contributed by atoms with van der Waals surface area (Å²) in [5, 5.41) is 3.90. The molecule has 2 heterocycles. The van der Waals surface area contributed by atoms with Gasteiger partial charge in [-0.1, -0.05) is 60.4 Å². The van der Waals surface area contributed by atoms with E-state index in [1.165, 1.54) is 24.0 Å². The van der Waals surface area contributed by atoms with Crippen molar-refractivity contribution in [3.63, 3.8) is 0 Å². The van der Waals surface area contributed by atoms with E-state index < -0.39 is 5.25 Å². The fourth-order valence-electron chi connectivity index (χ4n) is 2.69. The number of thioether (sulfide) groups is 1. The average Bonchev–Trinajstić information content (AvgIpc) is 2.70. The summed E-state index contributed by atoms with van der Waals surface area (Å²) < 4.78 is 1.65. The van der Waals surface area contributed by atoms with E-state index in [0.717, 1.165) is 12.8 Å². The summed E-state index contributed by atoms with van der Waals surface area (Å²) in [6, 6.07) is 8.74. The molecule has 0 aliphatic heterocycles. The second kappa shape index (κ2) is 9.61. The Morgan fingerprint density at radius 3 is 2.79 bits per heavy atom. The molecule has 1 amide bonds. The van der Waals surface area contributed by atoms with Crippen LogP contribution in [0, 0.1) is 0 Å². The van der Waals surface area contributed by atoms with Gasteiger partial charge in [-0.2, -0.15) is 0 Å². The van der Waals surface area contributed by atoms with E-state index in [9.17, 15) is 9.59 Å². The normalized spacial score (nSPS) is 12.1. The van der Waals surface area contributed by atoms with Gasteiger partial charge < -0.3 is 5.32 Å². The predicted molar refractivity (Wildman–Crippen MR) is 119 cm³/mol. The zero-order chi connectivity index (χ0) is 21.0. The van der Waals surface area contributed by atoms with Crippen molar-refractivity contribution < 1.29 is 4.79 Å². The minimum atomic E-state index is -0.524. The Hall–Kier alpha value is -2.09. The lowest BCUT2D eigenvalue weighted by Gasteiger charge is -2.16. The first-order valence-corrected chi connectivity index (χ1v) is 10.8. The van der Waals surface area contributed by atoms with Gasteiger partial charge in [0.1, 0.15) is 0 Å². The Labute approximate surface area is 182 Å². The fraction of sp³-hybridized carbons (Fsp3) is 0.300. The van der Waals surface area contributed by atoms with Crippen LogP contribution < -0.4 is 10.9 Å². The molecule has 1 aromatic carbocycles. The molecular formula is C20H20Cl2N4O2S. The Bertz CT molecular complexity index is 1100. The molecule has 6 nitrogen and oxygen atoms in total. The number of carbonyl (C=O) groups is 1. The summed E-state index contributed by atoms with van der Waals surface area (Å²) in [5.74, 6) is -0.0560. The van der Waals surface area contributed by atoms with Crippen molar-refractivity contribution in [2.75, 3.05) is 5.32 Å². The number of hydrogen-bond donors (Lipinski definition) is 1. The number of benzene rings is 1. The van der Waals surface area contributed by atoms with Gasteiger partial charge in [0.05, 0.1) is 26.2 Å². The third-order valence-electron chi connectivity index (χ3n) is 4.26. The van der Waals surface area contributed by atoms with Gasteiger partial charge in [-0.05, 0) is 31.5 Å². The number of halogens is 2. The van der Waals surface area contributed by atoms with Gasteiger partial charge in [0.15, 0.2) is 11.0 Å². The number of carbonyl (C=O) groups excluding carboxylic acids is 1. The van der Waals surface area contributed by atoms with Gasteiger partial charge in [0.2, 0.25) is 5.91 Å². The molecule has 0 fully saturated rings. The lowest BCUT2D eigenvalue weighted by molar-refractivity contribution is -0.115. The number of unbranched alkanes of at least 4 members (excludes halogenated alkanes) is 1. The maximum absolute atomic E-state index is 12.9. The molecule has 0 saturated carbocycles. The van der Waals surface area contributed by atoms with E-state index >= 15 is 0 Å². The maximum atomic E-state index is 12.9. The fourth-order valence-corrected chi connectivity index (χ4v) is 4.05. The minimum Gasteiger partial charge on any atom is -0.308 e. The minimum absolute atomic E-state index is 0.0958. The van der Waals surface area contributed by atoms with Gasteiger partial charge in [-0.3, -0.25) is 14.2 Å². The second-order valence-electron chi connectivity index (χ2n) is 6.46. The summed E-state index contributed by atoms with van der Waals surface area (Å²) in [6.07, 6.45) is 3.20. The molecule has 29 heavy (non-hydrogen) atoms. The van der Waals surface area contributed by atoms with Crippen molar-refractivity contribution in [3.8, 4) is 0 Å². The molecule has 0 spiro atoms. The molecule has 1 unspecified atom stereocenters. The molecule has 0 aliphatic rings. The standard InChI is InChI=1S/C20H20Cl2N4O2S/c1-3-4-9-26-19(28)14-7-5-6-8-16(14)24-20(26)29-12(2)18(27)25-17-15(22)10-13(21)11-23-17/h5-8,10-12H,3-4,9H2,1-2H3,(H,23,25,27). The molecule has 0 radical (unpaired) electrons. The first kappa shape index (κ1) is 21.6. The highest BCUT2D eigenvalue weighted by Crippen LogP contribution is 2.26. The van der Waals surface area contributed by atoms with Crippen LogP contribution in [0.1, 0.15) is 26.7 Å². The maximum Gasteiger partial charge on any atom is 0.262 e. The third kappa shape index (κ3) is 5.10.